The van der Waals surface area contributed by atoms with E-state index >= 15 is 0 Å². The summed E-state index contributed by atoms with van der Waals surface area (Å²) in [4.78, 5) is 18.3. The van der Waals surface area contributed by atoms with Gasteiger partial charge in [-0.1, -0.05) is 35.9 Å². The van der Waals surface area contributed by atoms with Crippen LogP contribution in [0, 0.1) is 13.8 Å². The summed E-state index contributed by atoms with van der Waals surface area (Å²) < 4.78 is 0. The zero-order chi connectivity index (χ0) is 17.4. The van der Waals surface area contributed by atoms with E-state index in [4.69, 9.17) is 0 Å². The van der Waals surface area contributed by atoms with Crippen molar-refractivity contribution in [3.05, 3.63) is 70.9 Å². The Morgan fingerprint density at radius 3 is 2.60 bits per heavy atom. The number of hydrogen-bond donors (Lipinski definition) is 1. The van der Waals surface area contributed by atoms with Crippen molar-refractivity contribution in [2.24, 2.45) is 0 Å². The van der Waals surface area contributed by atoms with Crippen molar-refractivity contribution in [1.29, 1.82) is 0 Å². The van der Waals surface area contributed by atoms with Crippen molar-refractivity contribution < 1.29 is 4.79 Å². The average Bonchev–Trinajstić information content (AvgIpc) is 3.05. The first-order valence-electron chi connectivity index (χ1n) is 9.06. The molecule has 1 aromatic heterocycles. The second-order valence-electron chi connectivity index (χ2n) is 7.17. The van der Waals surface area contributed by atoms with Gasteiger partial charge in [-0.05, 0) is 55.9 Å². The molecule has 2 heterocycles. The molecule has 0 unspecified atom stereocenters. The number of carbonyl (C=O) groups excluding carboxylic acids is 1. The number of aryl methyl sites for hydroxylation is 2. The first-order chi connectivity index (χ1) is 12.1. The quantitative estimate of drug-likeness (QED) is 0.718. The number of H-pyrrole nitrogens is 1. The predicted octanol–water partition coefficient (Wildman–Crippen LogP) is 4.80. The standard InChI is InChI=1S/C22H24N2O/c1-15-7-8-18(16(2)13-15)22(25)24-11-9-17(10-12-24)20-14-23-21-6-4-3-5-19(20)21/h3-8,13-14,17,23H,9-12H2,1-2H3. The Labute approximate surface area is 148 Å². The largest absolute Gasteiger partial charge is 0.361 e. The summed E-state index contributed by atoms with van der Waals surface area (Å²) in [5, 5.41) is 1.32. The summed E-state index contributed by atoms with van der Waals surface area (Å²) in [6, 6.07) is 14.6. The third kappa shape index (κ3) is 2.95. The van der Waals surface area contributed by atoms with Gasteiger partial charge in [-0.15, -0.1) is 0 Å². The third-order valence-corrected chi connectivity index (χ3v) is 5.46. The summed E-state index contributed by atoms with van der Waals surface area (Å²) in [5.74, 6) is 0.703. The van der Waals surface area contributed by atoms with Crippen LogP contribution in [0.4, 0.5) is 0 Å². The first-order valence-corrected chi connectivity index (χ1v) is 9.06. The molecule has 1 fully saturated rings. The molecule has 1 aliphatic heterocycles. The number of nitrogens with zero attached hydrogens (tertiary/aromatic N) is 1. The summed E-state index contributed by atoms with van der Waals surface area (Å²) in [7, 11) is 0. The number of likely N-dealkylation sites (tertiary alicyclic amines) is 1. The van der Waals surface area contributed by atoms with Crippen LogP contribution in [0.2, 0.25) is 0 Å². The van der Waals surface area contributed by atoms with E-state index in [9.17, 15) is 4.79 Å². The molecule has 1 aliphatic rings. The molecule has 0 atom stereocenters. The van der Waals surface area contributed by atoms with Crippen LogP contribution in [0.1, 0.15) is 45.8 Å². The van der Waals surface area contributed by atoms with Crippen LogP contribution in [0.15, 0.2) is 48.7 Å². The van der Waals surface area contributed by atoms with Gasteiger partial charge < -0.3 is 9.88 Å². The van der Waals surface area contributed by atoms with Gasteiger partial charge in [-0.3, -0.25) is 4.79 Å². The molecule has 25 heavy (non-hydrogen) atoms. The molecule has 1 N–H and O–H groups in total. The van der Waals surface area contributed by atoms with E-state index in [0.29, 0.717) is 5.92 Å². The molecule has 3 aromatic rings. The Hall–Kier alpha value is -2.55. The van der Waals surface area contributed by atoms with Crippen LogP contribution >= 0.6 is 0 Å². The number of piperidine rings is 1. The van der Waals surface area contributed by atoms with Gasteiger partial charge in [0, 0.05) is 35.8 Å². The van der Waals surface area contributed by atoms with Gasteiger partial charge in [-0.2, -0.15) is 0 Å². The van der Waals surface area contributed by atoms with Crippen molar-refractivity contribution in [2.45, 2.75) is 32.6 Å². The fourth-order valence-electron chi connectivity index (χ4n) is 4.05. The maximum Gasteiger partial charge on any atom is 0.254 e. The second kappa shape index (κ2) is 6.40. The van der Waals surface area contributed by atoms with Gasteiger partial charge in [0.1, 0.15) is 0 Å². The monoisotopic (exact) mass is 332 g/mol. The van der Waals surface area contributed by atoms with Crippen molar-refractivity contribution in [3.63, 3.8) is 0 Å². The minimum atomic E-state index is 0.176. The topological polar surface area (TPSA) is 36.1 Å². The predicted molar refractivity (Wildman–Crippen MR) is 102 cm³/mol. The number of nitrogens with one attached hydrogen (secondary N) is 1. The lowest BCUT2D eigenvalue weighted by Crippen LogP contribution is -2.38. The van der Waals surface area contributed by atoms with Gasteiger partial charge in [0.05, 0.1) is 0 Å². The first kappa shape index (κ1) is 15.9. The number of amides is 1. The van der Waals surface area contributed by atoms with E-state index in [-0.39, 0.29) is 5.91 Å². The fourth-order valence-corrected chi connectivity index (χ4v) is 4.05. The number of para-hydroxylation sites is 1. The van der Waals surface area contributed by atoms with Gasteiger partial charge in [0.2, 0.25) is 0 Å². The van der Waals surface area contributed by atoms with Crippen LogP contribution in [0.5, 0.6) is 0 Å². The molecule has 3 heteroatoms. The molecular formula is C22H24N2O. The van der Waals surface area contributed by atoms with Crippen LogP contribution in [0.25, 0.3) is 10.9 Å². The Morgan fingerprint density at radius 2 is 1.84 bits per heavy atom. The summed E-state index contributed by atoms with van der Waals surface area (Å²) in [5.41, 5.74) is 5.72. The van der Waals surface area contributed by atoms with Gasteiger partial charge in [0.15, 0.2) is 0 Å². The summed E-state index contributed by atoms with van der Waals surface area (Å²) >= 11 is 0. The van der Waals surface area contributed by atoms with Gasteiger partial charge in [0.25, 0.3) is 5.91 Å². The van der Waals surface area contributed by atoms with Crippen molar-refractivity contribution in [2.75, 3.05) is 13.1 Å². The maximum atomic E-state index is 12.9. The molecule has 0 saturated carbocycles. The third-order valence-electron chi connectivity index (χ3n) is 5.46. The number of benzene rings is 2. The van der Waals surface area contributed by atoms with Crippen LogP contribution < -0.4 is 0 Å². The average molecular weight is 332 g/mol. The zero-order valence-corrected chi connectivity index (χ0v) is 14.9. The van der Waals surface area contributed by atoms with E-state index < -0.39 is 0 Å². The molecular weight excluding hydrogens is 308 g/mol. The minimum absolute atomic E-state index is 0.176. The summed E-state index contributed by atoms with van der Waals surface area (Å²) in [6.45, 7) is 5.75. The molecule has 128 valence electrons. The molecule has 4 rings (SSSR count). The number of fused-ring (bicyclic) bond motifs is 1. The fraction of sp³-hybridized carbons (Fsp3) is 0.318. The van der Waals surface area contributed by atoms with Crippen LogP contribution in [-0.2, 0) is 0 Å². The highest BCUT2D eigenvalue weighted by Crippen LogP contribution is 2.33. The lowest BCUT2D eigenvalue weighted by atomic mass is 9.89. The van der Waals surface area contributed by atoms with E-state index in [0.717, 1.165) is 37.1 Å². The lowest BCUT2D eigenvalue weighted by Gasteiger charge is -2.32. The molecule has 1 amide bonds. The molecule has 0 radical (unpaired) electrons. The SMILES string of the molecule is Cc1ccc(C(=O)N2CCC(c3c[nH]c4ccccc34)CC2)c(C)c1. The van der Waals surface area contributed by atoms with E-state index in [1.54, 1.807) is 0 Å². The van der Waals surface area contributed by atoms with Gasteiger partial charge >= 0.3 is 0 Å². The number of aromatic nitrogens is 1. The Bertz CT molecular complexity index is 917. The van der Waals surface area contributed by atoms with E-state index in [1.165, 1.54) is 22.0 Å². The van der Waals surface area contributed by atoms with Gasteiger partial charge in [-0.25, -0.2) is 0 Å². The van der Waals surface area contributed by atoms with Crippen LogP contribution in [0.3, 0.4) is 0 Å². The molecule has 3 nitrogen and oxygen atoms in total. The Balaban J connectivity index is 1.49. The van der Waals surface area contributed by atoms with Crippen molar-refractivity contribution in [3.8, 4) is 0 Å². The minimum Gasteiger partial charge on any atom is -0.361 e. The highest BCUT2D eigenvalue weighted by molar-refractivity contribution is 5.95. The van der Waals surface area contributed by atoms with Crippen LogP contribution in [-0.4, -0.2) is 28.9 Å². The number of rotatable bonds is 2. The van der Waals surface area contributed by atoms with Crippen molar-refractivity contribution >= 4 is 16.8 Å². The number of hydrogen-bond acceptors (Lipinski definition) is 1. The second-order valence-corrected chi connectivity index (χ2v) is 7.17. The molecule has 0 spiro atoms. The normalized spacial score (nSPS) is 15.7. The number of aromatic amines is 1. The van der Waals surface area contributed by atoms with E-state index in [1.807, 2.05) is 24.0 Å². The zero-order valence-electron chi connectivity index (χ0n) is 14.9. The highest BCUT2D eigenvalue weighted by Gasteiger charge is 2.26. The Kier molecular flexibility index (Phi) is 4.08. The molecule has 2 aromatic carbocycles. The van der Waals surface area contributed by atoms with Crippen molar-refractivity contribution in [1.82, 2.24) is 9.88 Å². The molecule has 1 saturated heterocycles. The highest BCUT2D eigenvalue weighted by atomic mass is 16.2. The lowest BCUT2D eigenvalue weighted by molar-refractivity contribution is 0.0712. The van der Waals surface area contributed by atoms with E-state index in [2.05, 4.69) is 48.4 Å². The molecule has 0 aliphatic carbocycles. The smallest absolute Gasteiger partial charge is 0.254 e. The number of carbonyl (C=O) groups is 1. The Morgan fingerprint density at radius 1 is 1.08 bits per heavy atom. The summed E-state index contributed by atoms with van der Waals surface area (Å²) in [6.07, 6.45) is 4.20. The maximum absolute atomic E-state index is 12.9. The molecule has 0 bridgehead atoms.